The molecule has 0 amide bonds. The van der Waals surface area contributed by atoms with Crippen LogP contribution in [0.3, 0.4) is 0 Å². The van der Waals surface area contributed by atoms with Crippen molar-refractivity contribution in [1.29, 1.82) is 0 Å². The molecule has 2 atom stereocenters. The van der Waals surface area contributed by atoms with Crippen molar-refractivity contribution < 1.29 is 9.84 Å². The fourth-order valence-corrected chi connectivity index (χ4v) is 2.63. The highest BCUT2D eigenvalue weighted by Gasteiger charge is 2.19. The Kier molecular flexibility index (Phi) is 5.92. The lowest BCUT2D eigenvalue weighted by atomic mass is 10.0. The minimum absolute atomic E-state index is 0.346. The third-order valence-electron chi connectivity index (χ3n) is 4.02. The maximum atomic E-state index is 10.7. The van der Waals surface area contributed by atoms with Gasteiger partial charge < -0.3 is 15.2 Å². The maximum Gasteiger partial charge on any atom is 0.139 e. The highest BCUT2D eigenvalue weighted by atomic mass is 16.5. The van der Waals surface area contributed by atoms with E-state index in [-0.39, 0.29) is 6.04 Å². The molecule has 26 heavy (non-hydrogen) atoms. The molecule has 2 N–H and O–H groups in total. The first-order valence-electron chi connectivity index (χ1n) is 8.46. The largest absolute Gasteiger partial charge is 0.497 e. The Morgan fingerprint density at radius 2 is 1.46 bits per heavy atom. The highest BCUT2D eigenvalue weighted by Crippen LogP contribution is 2.24. The summed E-state index contributed by atoms with van der Waals surface area (Å²) in [6.07, 6.45) is -0.861. The van der Waals surface area contributed by atoms with E-state index in [4.69, 9.17) is 4.74 Å². The van der Waals surface area contributed by atoms with Crippen molar-refractivity contribution in [3.05, 3.63) is 96.1 Å². The Labute approximate surface area is 154 Å². The van der Waals surface area contributed by atoms with Crippen LogP contribution in [0.1, 0.15) is 17.2 Å². The van der Waals surface area contributed by atoms with Gasteiger partial charge >= 0.3 is 0 Å². The van der Waals surface area contributed by atoms with E-state index in [1.807, 2.05) is 84.9 Å². The van der Waals surface area contributed by atoms with E-state index in [1.165, 1.54) is 0 Å². The van der Waals surface area contributed by atoms with Crippen LogP contribution in [-0.2, 0) is 0 Å². The molecule has 0 saturated heterocycles. The Balaban J connectivity index is 1.84. The Hall–Kier alpha value is -3.22. The molecule has 130 valence electrons. The Morgan fingerprint density at radius 1 is 0.846 bits per heavy atom. The van der Waals surface area contributed by atoms with E-state index < -0.39 is 6.10 Å². The smallest absolute Gasteiger partial charge is 0.139 e. The molecule has 0 radical (unpaired) electrons. The second kappa shape index (κ2) is 8.75. The average Bonchev–Trinajstić information content (AvgIpc) is 2.72. The lowest BCUT2D eigenvalue weighted by molar-refractivity contribution is 0.209. The first-order chi connectivity index (χ1) is 12.8. The van der Waals surface area contributed by atoms with Crippen molar-refractivity contribution in [2.75, 3.05) is 12.4 Å². The number of ether oxygens (including phenoxy) is 1. The van der Waals surface area contributed by atoms with Gasteiger partial charge in [-0.1, -0.05) is 60.4 Å². The van der Waals surface area contributed by atoms with Gasteiger partial charge in [0.2, 0.25) is 0 Å². The number of anilines is 1. The van der Waals surface area contributed by atoms with Gasteiger partial charge in [0.1, 0.15) is 11.9 Å². The predicted octanol–water partition coefficient (Wildman–Crippen LogP) is 4.26. The number of benzene rings is 3. The molecule has 0 aliphatic heterocycles. The standard InChI is InChI=1S/C23H21NO2/c1-26-21-15-13-20(14-16-21)24-23(19-10-6-3-7-11-19)22(25)17-12-18-8-4-2-5-9-18/h2-11,13-16,22-25H,1H3. The summed E-state index contributed by atoms with van der Waals surface area (Å²) in [5.41, 5.74) is 2.74. The molecule has 3 nitrogen and oxygen atoms in total. The molecule has 3 heteroatoms. The van der Waals surface area contributed by atoms with Crippen LogP contribution in [0.2, 0.25) is 0 Å². The highest BCUT2D eigenvalue weighted by molar-refractivity contribution is 5.49. The number of hydrogen-bond donors (Lipinski definition) is 2. The van der Waals surface area contributed by atoms with Crippen LogP contribution in [0.5, 0.6) is 5.75 Å². The molecule has 3 rings (SSSR count). The van der Waals surface area contributed by atoms with Crippen molar-refractivity contribution >= 4 is 5.69 Å². The van der Waals surface area contributed by atoms with E-state index in [2.05, 4.69) is 17.2 Å². The molecule has 0 aliphatic carbocycles. The van der Waals surface area contributed by atoms with Gasteiger partial charge in [0.25, 0.3) is 0 Å². The number of nitrogens with one attached hydrogen (secondary N) is 1. The van der Waals surface area contributed by atoms with Gasteiger partial charge in [-0.05, 0) is 42.0 Å². The predicted molar refractivity (Wildman–Crippen MR) is 105 cm³/mol. The summed E-state index contributed by atoms with van der Waals surface area (Å²) >= 11 is 0. The van der Waals surface area contributed by atoms with Crippen molar-refractivity contribution in [2.24, 2.45) is 0 Å². The van der Waals surface area contributed by atoms with Crippen LogP contribution in [0.15, 0.2) is 84.9 Å². The summed E-state index contributed by atoms with van der Waals surface area (Å²) < 4.78 is 5.19. The molecule has 0 heterocycles. The van der Waals surface area contributed by atoms with Crippen LogP contribution >= 0.6 is 0 Å². The fourth-order valence-electron chi connectivity index (χ4n) is 2.63. The van der Waals surface area contributed by atoms with E-state index >= 15 is 0 Å². The third-order valence-corrected chi connectivity index (χ3v) is 4.02. The van der Waals surface area contributed by atoms with Gasteiger partial charge in [-0.3, -0.25) is 0 Å². The molecule has 0 aliphatic rings. The number of hydrogen-bond acceptors (Lipinski definition) is 3. The van der Waals surface area contributed by atoms with Gasteiger partial charge in [0.15, 0.2) is 0 Å². The normalized spacial score (nSPS) is 12.4. The number of methoxy groups -OCH3 is 1. The molecule has 3 aromatic carbocycles. The van der Waals surface area contributed by atoms with Crippen LogP contribution in [0, 0.1) is 11.8 Å². The zero-order chi connectivity index (χ0) is 18.2. The van der Waals surface area contributed by atoms with E-state index in [9.17, 15) is 5.11 Å². The number of rotatable bonds is 5. The molecule has 3 aromatic rings. The molecular weight excluding hydrogens is 322 g/mol. The molecular formula is C23H21NO2. The minimum atomic E-state index is -0.861. The summed E-state index contributed by atoms with van der Waals surface area (Å²) in [5.74, 6) is 6.79. The summed E-state index contributed by atoms with van der Waals surface area (Å²) in [6, 6.07) is 26.7. The Morgan fingerprint density at radius 3 is 2.08 bits per heavy atom. The summed E-state index contributed by atoms with van der Waals surface area (Å²) in [6.45, 7) is 0. The summed E-state index contributed by atoms with van der Waals surface area (Å²) in [4.78, 5) is 0. The lowest BCUT2D eigenvalue weighted by Gasteiger charge is -2.22. The van der Waals surface area contributed by atoms with Crippen LogP contribution in [0.25, 0.3) is 0 Å². The molecule has 0 aromatic heterocycles. The maximum absolute atomic E-state index is 10.7. The first kappa shape index (κ1) is 17.6. The van der Waals surface area contributed by atoms with Crippen LogP contribution in [0.4, 0.5) is 5.69 Å². The quantitative estimate of drug-likeness (QED) is 0.680. The van der Waals surface area contributed by atoms with E-state index in [1.54, 1.807) is 7.11 Å². The van der Waals surface area contributed by atoms with Crippen molar-refractivity contribution in [1.82, 2.24) is 0 Å². The molecule has 0 spiro atoms. The van der Waals surface area contributed by atoms with Gasteiger partial charge in [0, 0.05) is 11.3 Å². The van der Waals surface area contributed by atoms with Gasteiger partial charge in [-0.25, -0.2) is 0 Å². The monoisotopic (exact) mass is 343 g/mol. The molecule has 0 fully saturated rings. The lowest BCUT2D eigenvalue weighted by Crippen LogP contribution is -2.24. The van der Waals surface area contributed by atoms with Gasteiger partial charge in [0.05, 0.1) is 13.2 Å². The van der Waals surface area contributed by atoms with Crippen molar-refractivity contribution in [3.63, 3.8) is 0 Å². The van der Waals surface area contributed by atoms with Crippen molar-refractivity contribution in [3.8, 4) is 17.6 Å². The van der Waals surface area contributed by atoms with Gasteiger partial charge in [-0.15, -0.1) is 0 Å². The first-order valence-corrected chi connectivity index (χ1v) is 8.46. The topological polar surface area (TPSA) is 41.5 Å². The minimum Gasteiger partial charge on any atom is -0.497 e. The van der Waals surface area contributed by atoms with Crippen molar-refractivity contribution in [2.45, 2.75) is 12.1 Å². The van der Waals surface area contributed by atoms with Crippen LogP contribution < -0.4 is 10.1 Å². The second-order valence-electron chi connectivity index (χ2n) is 5.84. The molecule has 0 saturated carbocycles. The van der Waals surface area contributed by atoms with E-state index in [0.29, 0.717) is 0 Å². The average molecular weight is 343 g/mol. The Bertz CT molecular complexity index is 865. The molecule has 2 unspecified atom stereocenters. The zero-order valence-electron chi connectivity index (χ0n) is 14.6. The second-order valence-corrected chi connectivity index (χ2v) is 5.84. The number of aliphatic hydroxyl groups excluding tert-OH is 1. The zero-order valence-corrected chi connectivity index (χ0v) is 14.6. The fraction of sp³-hybridized carbons (Fsp3) is 0.130. The molecule has 0 bridgehead atoms. The summed E-state index contributed by atoms with van der Waals surface area (Å²) in [5, 5.41) is 14.1. The van der Waals surface area contributed by atoms with Gasteiger partial charge in [-0.2, -0.15) is 0 Å². The van der Waals surface area contributed by atoms with Crippen LogP contribution in [-0.4, -0.2) is 18.3 Å². The van der Waals surface area contributed by atoms with E-state index in [0.717, 1.165) is 22.6 Å². The number of aliphatic hydroxyl groups is 1. The third kappa shape index (κ3) is 4.66. The SMILES string of the molecule is COc1ccc(NC(c2ccccc2)C(O)C#Cc2ccccc2)cc1. The summed E-state index contributed by atoms with van der Waals surface area (Å²) in [7, 11) is 1.64.